The molecular weight excluding hydrogens is 276 g/mol. The van der Waals surface area contributed by atoms with Crippen LogP contribution in [0, 0.1) is 13.8 Å². The van der Waals surface area contributed by atoms with Crippen LogP contribution < -0.4 is 0 Å². The van der Waals surface area contributed by atoms with Crippen molar-refractivity contribution in [1.82, 2.24) is 19.7 Å². The summed E-state index contributed by atoms with van der Waals surface area (Å²) in [4.78, 5) is 19.0. The lowest BCUT2D eigenvalue weighted by Gasteiger charge is -2.39. The number of fused-ring (bicyclic) bond motifs is 1. The lowest BCUT2D eigenvalue weighted by molar-refractivity contribution is 0.0496. The topological polar surface area (TPSA) is 51.0 Å². The molecule has 0 unspecified atom stereocenters. The van der Waals surface area contributed by atoms with Gasteiger partial charge in [0.2, 0.25) is 0 Å². The zero-order valence-corrected chi connectivity index (χ0v) is 13.0. The Morgan fingerprint density at radius 2 is 2.05 bits per heavy atom. The molecule has 1 amide bonds. The Morgan fingerprint density at radius 3 is 2.77 bits per heavy atom. The molecule has 2 aromatic rings. The SMILES string of the molecule is Cc1nc(C)n(C2CN(C(=O)c3cccc4c3CCC4)C2)n1. The monoisotopic (exact) mass is 296 g/mol. The molecule has 0 atom stereocenters. The molecule has 4 rings (SSSR count). The van der Waals surface area contributed by atoms with Gasteiger partial charge in [-0.2, -0.15) is 5.10 Å². The number of hydrogen-bond acceptors (Lipinski definition) is 3. The fourth-order valence-electron chi connectivity index (χ4n) is 3.65. The first kappa shape index (κ1) is 13.5. The molecule has 0 saturated carbocycles. The zero-order valence-electron chi connectivity index (χ0n) is 13.0. The van der Waals surface area contributed by atoms with Crippen LogP contribution in [0.5, 0.6) is 0 Å². The van der Waals surface area contributed by atoms with E-state index in [2.05, 4.69) is 16.1 Å². The maximum absolute atomic E-state index is 12.7. The van der Waals surface area contributed by atoms with Crippen LogP contribution in [0.15, 0.2) is 18.2 Å². The van der Waals surface area contributed by atoms with Gasteiger partial charge in [-0.15, -0.1) is 0 Å². The number of carbonyl (C=O) groups excluding carboxylic acids is 1. The van der Waals surface area contributed by atoms with E-state index in [4.69, 9.17) is 0 Å². The highest BCUT2D eigenvalue weighted by atomic mass is 16.2. The van der Waals surface area contributed by atoms with Gasteiger partial charge in [0.15, 0.2) is 0 Å². The summed E-state index contributed by atoms with van der Waals surface area (Å²) in [7, 11) is 0. The van der Waals surface area contributed by atoms with Crippen molar-refractivity contribution in [2.45, 2.75) is 39.2 Å². The van der Waals surface area contributed by atoms with Crippen molar-refractivity contribution in [2.24, 2.45) is 0 Å². The third-order valence-electron chi connectivity index (χ3n) is 4.78. The number of hydrogen-bond donors (Lipinski definition) is 0. The van der Waals surface area contributed by atoms with E-state index in [0.29, 0.717) is 0 Å². The minimum atomic E-state index is 0.171. The molecule has 1 saturated heterocycles. The largest absolute Gasteiger partial charge is 0.334 e. The van der Waals surface area contributed by atoms with Gasteiger partial charge in [0.1, 0.15) is 11.6 Å². The van der Waals surface area contributed by atoms with Crippen LogP contribution in [0.25, 0.3) is 0 Å². The zero-order chi connectivity index (χ0) is 15.3. The molecule has 0 radical (unpaired) electrons. The van der Waals surface area contributed by atoms with Gasteiger partial charge < -0.3 is 4.90 Å². The normalized spacial score (nSPS) is 17.5. The summed E-state index contributed by atoms with van der Waals surface area (Å²) in [6.45, 7) is 5.32. The van der Waals surface area contributed by atoms with E-state index >= 15 is 0 Å². The first-order chi connectivity index (χ1) is 10.6. The molecule has 2 heterocycles. The number of carbonyl (C=O) groups is 1. The molecule has 2 aliphatic rings. The molecule has 0 bridgehead atoms. The Balaban J connectivity index is 1.50. The molecular formula is C17H20N4O. The summed E-state index contributed by atoms with van der Waals surface area (Å²) in [6, 6.07) is 6.41. The summed E-state index contributed by atoms with van der Waals surface area (Å²) >= 11 is 0. The molecule has 5 nitrogen and oxygen atoms in total. The van der Waals surface area contributed by atoms with Gasteiger partial charge in [-0.25, -0.2) is 9.67 Å². The summed E-state index contributed by atoms with van der Waals surface area (Å²) in [5.74, 6) is 1.89. The van der Waals surface area contributed by atoms with E-state index in [9.17, 15) is 4.79 Å². The molecule has 1 aromatic carbocycles. The van der Waals surface area contributed by atoms with Crippen LogP contribution in [0.1, 0.15) is 45.6 Å². The molecule has 22 heavy (non-hydrogen) atoms. The van der Waals surface area contributed by atoms with Crippen LogP contribution in [0.4, 0.5) is 0 Å². The fourth-order valence-corrected chi connectivity index (χ4v) is 3.65. The minimum absolute atomic E-state index is 0.171. The third kappa shape index (κ3) is 2.03. The highest BCUT2D eigenvalue weighted by Gasteiger charge is 2.35. The van der Waals surface area contributed by atoms with E-state index in [-0.39, 0.29) is 11.9 Å². The van der Waals surface area contributed by atoms with E-state index in [1.165, 1.54) is 17.5 Å². The average molecular weight is 296 g/mol. The quantitative estimate of drug-likeness (QED) is 0.852. The standard InChI is InChI=1S/C17H20N4O/c1-11-18-12(2)21(19-11)14-9-20(10-14)17(22)16-8-4-6-13-5-3-7-15(13)16/h4,6,8,14H,3,5,7,9-10H2,1-2H3. The highest BCUT2D eigenvalue weighted by Crippen LogP contribution is 2.29. The van der Waals surface area contributed by atoms with Crippen molar-refractivity contribution in [3.8, 4) is 0 Å². The van der Waals surface area contributed by atoms with Crippen molar-refractivity contribution < 1.29 is 4.79 Å². The average Bonchev–Trinajstić information content (AvgIpc) is 3.03. The van der Waals surface area contributed by atoms with Gasteiger partial charge in [0.25, 0.3) is 5.91 Å². The molecule has 1 aromatic heterocycles. The third-order valence-corrected chi connectivity index (χ3v) is 4.78. The number of rotatable bonds is 2. The van der Waals surface area contributed by atoms with Gasteiger partial charge in [0.05, 0.1) is 6.04 Å². The molecule has 1 aliphatic heterocycles. The Hall–Kier alpha value is -2.17. The smallest absolute Gasteiger partial charge is 0.254 e. The summed E-state index contributed by atoms with van der Waals surface area (Å²) < 4.78 is 1.95. The van der Waals surface area contributed by atoms with Crippen LogP contribution in [-0.2, 0) is 12.8 Å². The predicted octanol–water partition coefficient (Wildman–Crippen LogP) is 2.08. The van der Waals surface area contributed by atoms with Crippen molar-refractivity contribution in [1.29, 1.82) is 0 Å². The van der Waals surface area contributed by atoms with E-state index < -0.39 is 0 Å². The first-order valence-corrected chi connectivity index (χ1v) is 7.93. The second kappa shape index (κ2) is 4.93. The van der Waals surface area contributed by atoms with Gasteiger partial charge in [-0.1, -0.05) is 12.1 Å². The summed E-state index contributed by atoms with van der Waals surface area (Å²) in [6.07, 6.45) is 3.31. The number of likely N-dealkylation sites (tertiary alicyclic amines) is 1. The number of amides is 1. The Morgan fingerprint density at radius 1 is 1.23 bits per heavy atom. The molecule has 5 heteroatoms. The Bertz CT molecular complexity index is 743. The molecule has 0 spiro atoms. The van der Waals surface area contributed by atoms with E-state index in [1.807, 2.05) is 35.6 Å². The highest BCUT2D eigenvalue weighted by molar-refractivity contribution is 5.96. The van der Waals surface area contributed by atoms with E-state index in [0.717, 1.165) is 43.1 Å². The number of aromatic nitrogens is 3. The second-order valence-electron chi connectivity index (χ2n) is 6.31. The molecule has 114 valence electrons. The van der Waals surface area contributed by atoms with Crippen LogP contribution in [-0.4, -0.2) is 38.7 Å². The van der Waals surface area contributed by atoms with Gasteiger partial charge >= 0.3 is 0 Å². The maximum atomic E-state index is 12.7. The van der Waals surface area contributed by atoms with Gasteiger partial charge in [-0.3, -0.25) is 4.79 Å². The number of aryl methyl sites for hydroxylation is 3. The fraction of sp³-hybridized carbons (Fsp3) is 0.471. The minimum Gasteiger partial charge on any atom is -0.334 e. The Labute approximate surface area is 130 Å². The molecule has 0 N–H and O–H groups in total. The maximum Gasteiger partial charge on any atom is 0.254 e. The second-order valence-corrected chi connectivity index (χ2v) is 6.31. The lowest BCUT2D eigenvalue weighted by Crippen LogP contribution is -2.51. The van der Waals surface area contributed by atoms with Crippen molar-refractivity contribution in [3.05, 3.63) is 46.5 Å². The van der Waals surface area contributed by atoms with Crippen molar-refractivity contribution in [3.63, 3.8) is 0 Å². The van der Waals surface area contributed by atoms with Gasteiger partial charge in [-0.05, 0) is 50.3 Å². The molecule has 1 fully saturated rings. The van der Waals surface area contributed by atoms with Crippen LogP contribution in [0.3, 0.4) is 0 Å². The lowest BCUT2D eigenvalue weighted by atomic mass is 10.00. The van der Waals surface area contributed by atoms with E-state index in [1.54, 1.807) is 0 Å². The number of nitrogens with zero attached hydrogens (tertiary/aromatic N) is 4. The predicted molar refractivity (Wildman–Crippen MR) is 82.9 cm³/mol. The first-order valence-electron chi connectivity index (χ1n) is 7.93. The Kier molecular flexibility index (Phi) is 3.03. The van der Waals surface area contributed by atoms with Crippen LogP contribution >= 0.6 is 0 Å². The van der Waals surface area contributed by atoms with Crippen molar-refractivity contribution in [2.75, 3.05) is 13.1 Å². The molecule has 1 aliphatic carbocycles. The summed E-state index contributed by atoms with van der Waals surface area (Å²) in [5.41, 5.74) is 3.52. The summed E-state index contributed by atoms with van der Waals surface area (Å²) in [5, 5.41) is 4.42. The van der Waals surface area contributed by atoms with Crippen LogP contribution in [0.2, 0.25) is 0 Å². The van der Waals surface area contributed by atoms with Gasteiger partial charge in [0, 0.05) is 18.7 Å². The van der Waals surface area contributed by atoms with Crippen molar-refractivity contribution >= 4 is 5.91 Å². The number of benzene rings is 1.